The molecule has 0 unspecified atom stereocenters. The van der Waals surface area contributed by atoms with Gasteiger partial charge in [0, 0.05) is 37.6 Å². The Morgan fingerprint density at radius 2 is 2.00 bits per heavy atom. The third-order valence-corrected chi connectivity index (χ3v) is 5.36. The number of aromatic nitrogens is 2. The molecule has 0 aliphatic carbocycles. The number of amides is 1. The zero-order valence-corrected chi connectivity index (χ0v) is 15.7. The highest BCUT2D eigenvalue weighted by molar-refractivity contribution is 5.78. The third-order valence-electron chi connectivity index (χ3n) is 5.36. The van der Waals surface area contributed by atoms with Gasteiger partial charge in [0.25, 0.3) is 0 Å². The summed E-state index contributed by atoms with van der Waals surface area (Å²) in [6.45, 7) is 3.72. The van der Waals surface area contributed by atoms with Gasteiger partial charge in [-0.3, -0.25) is 14.8 Å². The Bertz CT molecular complexity index is 760. The first-order valence-electron chi connectivity index (χ1n) is 9.67. The normalized spacial score (nSPS) is 21.8. The number of rotatable bonds is 6. The molecule has 1 atom stereocenters. The fourth-order valence-corrected chi connectivity index (χ4v) is 3.82. The number of nitrogens with one attached hydrogen (secondary N) is 1. The minimum absolute atomic E-state index is 0.0463. The summed E-state index contributed by atoms with van der Waals surface area (Å²) in [6, 6.07) is 8.15. The highest BCUT2D eigenvalue weighted by atomic mass is 19.1. The van der Waals surface area contributed by atoms with Crippen molar-refractivity contribution in [3.63, 3.8) is 0 Å². The Balaban J connectivity index is 1.26. The van der Waals surface area contributed by atoms with Gasteiger partial charge in [0.2, 0.25) is 5.91 Å². The van der Waals surface area contributed by atoms with E-state index in [1.54, 1.807) is 18.3 Å². The Morgan fingerprint density at radius 3 is 2.71 bits per heavy atom. The van der Waals surface area contributed by atoms with Crippen molar-refractivity contribution in [3.05, 3.63) is 48.0 Å². The summed E-state index contributed by atoms with van der Waals surface area (Å²) in [7, 11) is 0. The minimum Gasteiger partial charge on any atom is -0.491 e. The molecule has 3 heterocycles. The number of piperidine rings is 1. The van der Waals surface area contributed by atoms with E-state index in [0.717, 1.165) is 38.2 Å². The summed E-state index contributed by atoms with van der Waals surface area (Å²) >= 11 is 0. The molecule has 2 aliphatic heterocycles. The number of ether oxygens (including phenoxy) is 2. The molecular weight excluding hydrogens is 363 g/mol. The topological polar surface area (TPSA) is 70.7 Å². The number of hydrogen-bond donors (Lipinski definition) is 1. The predicted molar refractivity (Wildman–Crippen MR) is 100 cm³/mol. The quantitative estimate of drug-likeness (QED) is 0.818. The molecule has 2 aliphatic rings. The van der Waals surface area contributed by atoms with E-state index in [0.29, 0.717) is 18.9 Å². The number of benzene rings is 1. The number of morpholine rings is 1. The summed E-state index contributed by atoms with van der Waals surface area (Å²) in [5.41, 5.74) is 1.11. The van der Waals surface area contributed by atoms with Crippen molar-refractivity contribution in [2.24, 2.45) is 0 Å². The van der Waals surface area contributed by atoms with Crippen LogP contribution < -0.4 is 4.74 Å². The highest BCUT2D eigenvalue weighted by Gasteiger charge is 2.33. The summed E-state index contributed by atoms with van der Waals surface area (Å²) < 4.78 is 24.3. The molecule has 0 saturated carbocycles. The molecule has 1 aromatic heterocycles. The van der Waals surface area contributed by atoms with Gasteiger partial charge < -0.3 is 14.4 Å². The van der Waals surface area contributed by atoms with Gasteiger partial charge in [0.15, 0.2) is 0 Å². The Kier molecular flexibility index (Phi) is 5.87. The lowest BCUT2D eigenvalue weighted by Crippen LogP contribution is -2.55. The largest absolute Gasteiger partial charge is 0.491 e. The fraction of sp³-hybridized carbons (Fsp3) is 0.500. The van der Waals surface area contributed by atoms with E-state index in [1.807, 2.05) is 11.0 Å². The van der Waals surface area contributed by atoms with E-state index in [9.17, 15) is 9.18 Å². The molecule has 150 valence electrons. The van der Waals surface area contributed by atoms with E-state index >= 15 is 0 Å². The van der Waals surface area contributed by atoms with Crippen molar-refractivity contribution < 1.29 is 18.7 Å². The van der Waals surface area contributed by atoms with Gasteiger partial charge >= 0.3 is 0 Å². The second-order valence-corrected chi connectivity index (χ2v) is 7.33. The Morgan fingerprint density at radius 1 is 1.21 bits per heavy atom. The van der Waals surface area contributed by atoms with Crippen molar-refractivity contribution in [2.45, 2.75) is 31.5 Å². The molecule has 8 heteroatoms. The van der Waals surface area contributed by atoms with E-state index in [4.69, 9.17) is 9.47 Å². The van der Waals surface area contributed by atoms with E-state index in [1.165, 1.54) is 12.1 Å². The zero-order valence-electron chi connectivity index (χ0n) is 15.7. The van der Waals surface area contributed by atoms with Gasteiger partial charge in [-0.1, -0.05) is 0 Å². The van der Waals surface area contributed by atoms with Crippen LogP contribution in [-0.2, 0) is 16.1 Å². The van der Waals surface area contributed by atoms with Crippen LogP contribution in [0.5, 0.6) is 5.75 Å². The third kappa shape index (κ3) is 4.69. The Hall–Kier alpha value is -2.45. The maximum atomic E-state index is 13.0. The monoisotopic (exact) mass is 388 g/mol. The van der Waals surface area contributed by atoms with Crippen LogP contribution >= 0.6 is 0 Å². The maximum Gasteiger partial charge on any atom is 0.248 e. The van der Waals surface area contributed by atoms with Crippen LogP contribution in [0.25, 0.3) is 0 Å². The lowest BCUT2D eigenvalue weighted by atomic mass is 10.0. The molecule has 2 saturated heterocycles. The van der Waals surface area contributed by atoms with Gasteiger partial charge in [0.1, 0.15) is 30.9 Å². The van der Waals surface area contributed by atoms with Crippen molar-refractivity contribution in [1.29, 1.82) is 0 Å². The molecule has 1 aromatic carbocycles. The number of nitrogens with zero attached hydrogens (tertiary/aromatic N) is 3. The van der Waals surface area contributed by atoms with Crippen LogP contribution in [0.2, 0.25) is 0 Å². The lowest BCUT2D eigenvalue weighted by Gasteiger charge is -2.42. The molecule has 4 rings (SSSR count). The average molecular weight is 388 g/mol. The summed E-state index contributed by atoms with van der Waals surface area (Å²) in [5.74, 6) is 0.350. The van der Waals surface area contributed by atoms with Gasteiger partial charge in [-0.15, -0.1) is 0 Å². The van der Waals surface area contributed by atoms with Crippen LogP contribution in [0.3, 0.4) is 0 Å². The first-order valence-corrected chi connectivity index (χ1v) is 9.67. The second-order valence-electron chi connectivity index (χ2n) is 7.33. The number of hydrogen-bond acceptors (Lipinski definition) is 5. The zero-order chi connectivity index (χ0) is 19.3. The van der Waals surface area contributed by atoms with Crippen LogP contribution in [0.4, 0.5) is 4.39 Å². The van der Waals surface area contributed by atoms with E-state index in [-0.39, 0.29) is 30.5 Å². The van der Waals surface area contributed by atoms with Crippen LogP contribution in [0.1, 0.15) is 18.5 Å². The second kappa shape index (κ2) is 8.70. The lowest BCUT2D eigenvalue weighted by molar-refractivity contribution is -0.155. The van der Waals surface area contributed by atoms with Gasteiger partial charge in [-0.25, -0.2) is 4.39 Å². The first kappa shape index (κ1) is 18.9. The molecule has 0 bridgehead atoms. The van der Waals surface area contributed by atoms with Gasteiger partial charge in [-0.05, 0) is 43.2 Å². The smallest absolute Gasteiger partial charge is 0.248 e. The highest BCUT2D eigenvalue weighted by Crippen LogP contribution is 2.22. The summed E-state index contributed by atoms with van der Waals surface area (Å²) in [6.07, 6.45) is 3.49. The van der Waals surface area contributed by atoms with E-state index < -0.39 is 0 Å². The number of halogens is 1. The summed E-state index contributed by atoms with van der Waals surface area (Å²) in [4.78, 5) is 16.7. The molecule has 1 amide bonds. The molecule has 7 nitrogen and oxygen atoms in total. The van der Waals surface area contributed by atoms with Crippen LogP contribution in [0.15, 0.2) is 36.5 Å². The molecule has 2 aromatic rings. The number of likely N-dealkylation sites (tertiary alicyclic amines) is 1. The number of H-pyrrole nitrogens is 1. The molecule has 28 heavy (non-hydrogen) atoms. The van der Waals surface area contributed by atoms with Crippen molar-refractivity contribution >= 4 is 5.91 Å². The maximum absolute atomic E-state index is 13.0. The van der Waals surface area contributed by atoms with Gasteiger partial charge in [0.05, 0.1) is 6.54 Å². The number of carbonyl (C=O) groups excluding carboxylic acids is 1. The molecule has 0 spiro atoms. The number of carbonyl (C=O) groups is 1. The molecule has 0 radical (unpaired) electrons. The summed E-state index contributed by atoms with van der Waals surface area (Å²) in [5, 5.41) is 6.98. The predicted octanol–water partition coefficient (Wildman–Crippen LogP) is 1.82. The SMILES string of the molecule is O=C1CO[C@H](COc2ccc(F)cc2)CN1C1CCN(Cc2ccn[nH]2)CC1. The number of aromatic amines is 1. The van der Waals surface area contributed by atoms with Crippen molar-refractivity contribution in [2.75, 3.05) is 32.8 Å². The van der Waals surface area contributed by atoms with Crippen LogP contribution in [-0.4, -0.2) is 70.9 Å². The van der Waals surface area contributed by atoms with E-state index in [2.05, 4.69) is 15.1 Å². The van der Waals surface area contributed by atoms with Gasteiger partial charge in [-0.2, -0.15) is 5.10 Å². The minimum atomic E-state index is -0.295. The molecule has 2 fully saturated rings. The first-order chi connectivity index (χ1) is 13.7. The molecular formula is C20H25FN4O3. The Labute approximate surface area is 163 Å². The molecule has 1 N–H and O–H groups in total. The van der Waals surface area contributed by atoms with Crippen LogP contribution in [0, 0.1) is 5.82 Å². The standard InChI is InChI=1S/C20H25FN4O3/c21-15-1-3-18(4-2-15)27-13-19-12-25(20(26)14-28-19)17-6-9-24(10-7-17)11-16-5-8-22-23-16/h1-5,8,17,19H,6-7,9-14H2,(H,22,23)/t19-/m0/s1. The van der Waals surface area contributed by atoms with Crippen molar-refractivity contribution in [3.8, 4) is 5.75 Å². The fourth-order valence-electron chi connectivity index (χ4n) is 3.82. The van der Waals surface area contributed by atoms with Crippen molar-refractivity contribution in [1.82, 2.24) is 20.0 Å². The average Bonchev–Trinajstić information content (AvgIpc) is 3.22.